The molecule has 0 aliphatic carbocycles. The Kier molecular flexibility index (Phi) is 6.10. The third kappa shape index (κ3) is 4.43. The van der Waals surface area contributed by atoms with Gasteiger partial charge in [-0.05, 0) is 73.5 Å². The van der Waals surface area contributed by atoms with E-state index in [1.165, 1.54) is 41.4 Å². The predicted molar refractivity (Wildman–Crippen MR) is 133 cm³/mol. The Hall–Kier alpha value is -3.23. The second-order valence-electron chi connectivity index (χ2n) is 8.29. The standard InChI is InChI=1S/C25H24ClN3O4S/c26-18-7-13-21(14-8-18)34(31,32)29-17-24(33-23-6-2-1-5-22(23)29)25(30)27-19-9-11-20(12-10-19)28-15-3-4-16-28/h1-2,5-14,24H,3-4,15-17H2,(H,27,30). The van der Waals surface area contributed by atoms with E-state index in [0.29, 0.717) is 22.1 Å². The van der Waals surface area contributed by atoms with Crippen molar-refractivity contribution in [3.63, 3.8) is 0 Å². The number of fused-ring (bicyclic) bond motifs is 1. The molecule has 2 aliphatic rings. The van der Waals surface area contributed by atoms with Gasteiger partial charge in [0.15, 0.2) is 6.10 Å². The van der Waals surface area contributed by atoms with Crippen molar-refractivity contribution in [3.8, 4) is 5.75 Å². The lowest BCUT2D eigenvalue weighted by Crippen LogP contribution is -2.48. The van der Waals surface area contributed by atoms with Crippen LogP contribution in [0.3, 0.4) is 0 Å². The molecule has 5 rings (SSSR count). The van der Waals surface area contributed by atoms with Gasteiger partial charge in [-0.3, -0.25) is 9.10 Å². The summed E-state index contributed by atoms with van der Waals surface area (Å²) in [6.07, 6.45) is 1.36. The zero-order valence-electron chi connectivity index (χ0n) is 18.4. The molecule has 3 aromatic rings. The van der Waals surface area contributed by atoms with Crippen LogP contribution in [0.1, 0.15) is 12.8 Å². The van der Waals surface area contributed by atoms with Gasteiger partial charge in [0.2, 0.25) is 0 Å². The molecule has 1 fully saturated rings. The number of hydrogen-bond acceptors (Lipinski definition) is 5. The monoisotopic (exact) mass is 497 g/mol. The van der Waals surface area contributed by atoms with E-state index in [4.69, 9.17) is 16.3 Å². The Balaban J connectivity index is 1.37. The normalized spacial score (nSPS) is 17.7. The molecule has 2 heterocycles. The van der Waals surface area contributed by atoms with Crippen molar-refractivity contribution in [2.24, 2.45) is 0 Å². The van der Waals surface area contributed by atoms with Crippen LogP contribution < -0.4 is 19.3 Å². The lowest BCUT2D eigenvalue weighted by atomic mass is 10.2. The van der Waals surface area contributed by atoms with Gasteiger partial charge >= 0.3 is 0 Å². The van der Waals surface area contributed by atoms with E-state index in [1.807, 2.05) is 24.3 Å². The minimum Gasteiger partial charge on any atom is -0.476 e. The minimum absolute atomic E-state index is 0.0882. The fraction of sp³-hybridized carbons (Fsp3) is 0.240. The van der Waals surface area contributed by atoms with Crippen LogP contribution in [-0.4, -0.2) is 40.1 Å². The molecule has 1 N–H and O–H groups in total. The number of anilines is 3. The average molecular weight is 498 g/mol. The van der Waals surface area contributed by atoms with Crippen LogP contribution in [-0.2, 0) is 14.8 Å². The van der Waals surface area contributed by atoms with Crippen LogP contribution in [0.5, 0.6) is 5.75 Å². The van der Waals surface area contributed by atoms with Gasteiger partial charge in [0.25, 0.3) is 15.9 Å². The number of sulfonamides is 1. The van der Waals surface area contributed by atoms with Crippen molar-refractivity contribution in [1.29, 1.82) is 0 Å². The number of hydrogen-bond donors (Lipinski definition) is 1. The maximum absolute atomic E-state index is 13.4. The Morgan fingerprint density at radius 1 is 0.941 bits per heavy atom. The molecular formula is C25H24ClN3O4S. The van der Waals surface area contributed by atoms with Crippen LogP contribution in [0.2, 0.25) is 5.02 Å². The van der Waals surface area contributed by atoms with Crippen molar-refractivity contribution < 1.29 is 17.9 Å². The summed E-state index contributed by atoms with van der Waals surface area (Å²) in [5.41, 5.74) is 2.14. The molecule has 9 heteroatoms. The number of para-hydroxylation sites is 2. The molecule has 1 saturated heterocycles. The van der Waals surface area contributed by atoms with Crippen LogP contribution in [0.15, 0.2) is 77.7 Å². The minimum atomic E-state index is -3.94. The summed E-state index contributed by atoms with van der Waals surface area (Å²) in [6, 6.07) is 20.4. The summed E-state index contributed by atoms with van der Waals surface area (Å²) in [5.74, 6) is -0.0875. The fourth-order valence-electron chi connectivity index (χ4n) is 4.25. The Bertz CT molecular complexity index is 1290. The van der Waals surface area contributed by atoms with Crippen LogP contribution in [0.25, 0.3) is 0 Å². The number of benzene rings is 3. The van der Waals surface area contributed by atoms with Crippen LogP contribution in [0.4, 0.5) is 17.1 Å². The van der Waals surface area contributed by atoms with E-state index in [1.54, 1.807) is 24.3 Å². The van der Waals surface area contributed by atoms with Crippen molar-refractivity contribution >= 4 is 44.6 Å². The third-order valence-corrected chi connectivity index (χ3v) is 8.08. The van der Waals surface area contributed by atoms with E-state index in [0.717, 1.165) is 18.8 Å². The molecule has 2 aliphatic heterocycles. The van der Waals surface area contributed by atoms with Gasteiger partial charge in [0.05, 0.1) is 17.1 Å². The van der Waals surface area contributed by atoms with Crippen molar-refractivity contribution in [1.82, 2.24) is 0 Å². The molecule has 34 heavy (non-hydrogen) atoms. The first-order chi connectivity index (χ1) is 16.4. The molecule has 0 saturated carbocycles. The molecule has 1 atom stereocenters. The fourth-order valence-corrected chi connectivity index (χ4v) is 5.86. The summed E-state index contributed by atoms with van der Waals surface area (Å²) in [4.78, 5) is 15.5. The highest BCUT2D eigenvalue weighted by molar-refractivity contribution is 7.92. The predicted octanol–water partition coefficient (Wildman–Crippen LogP) is 4.54. The van der Waals surface area contributed by atoms with E-state index in [9.17, 15) is 13.2 Å². The molecule has 1 amide bonds. The van der Waals surface area contributed by atoms with Gasteiger partial charge in [0, 0.05) is 29.5 Å². The number of rotatable bonds is 5. The second-order valence-corrected chi connectivity index (χ2v) is 10.6. The maximum Gasteiger partial charge on any atom is 0.267 e. The first-order valence-corrected chi connectivity index (χ1v) is 12.9. The third-order valence-electron chi connectivity index (χ3n) is 6.03. The van der Waals surface area contributed by atoms with Gasteiger partial charge < -0.3 is 15.0 Å². The highest BCUT2D eigenvalue weighted by Crippen LogP contribution is 2.37. The largest absolute Gasteiger partial charge is 0.476 e. The van der Waals surface area contributed by atoms with Crippen LogP contribution >= 0.6 is 11.6 Å². The SMILES string of the molecule is O=C(Nc1ccc(N2CCCC2)cc1)C1CN(S(=O)(=O)c2ccc(Cl)cc2)c2ccccc2O1. The van der Waals surface area contributed by atoms with Crippen molar-refractivity contribution in [3.05, 3.63) is 77.8 Å². The number of nitrogens with zero attached hydrogens (tertiary/aromatic N) is 2. The van der Waals surface area contributed by atoms with Gasteiger partial charge in [0.1, 0.15) is 5.75 Å². The van der Waals surface area contributed by atoms with E-state index in [-0.39, 0.29) is 11.4 Å². The molecule has 7 nitrogen and oxygen atoms in total. The lowest BCUT2D eigenvalue weighted by molar-refractivity contribution is -0.122. The van der Waals surface area contributed by atoms with E-state index >= 15 is 0 Å². The maximum atomic E-state index is 13.4. The highest BCUT2D eigenvalue weighted by atomic mass is 35.5. The number of halogens is 1. The zero-order chi connectivity index (χ0) is 23.7. The first-order valence-electron chi connectivity index (χ1n) is 11.1. The molecule has 0 spiro atoms. The van der Waals surface area contributed by atoms with Crippen molar-refractivity contribution in [2.45, 2.75) is 23.8 Å². The van der Waals surface area contributed by atoms with E-state index < -0.39 is 22.0 Å². The molecule has 176 valence electrons. The first kappa shape index (κ1) is 22.6. The summed E-state index contributed by atoms with van der Waals surface area (Å²) >= 11 is 5.93. The van der Waals surface area contributed by atoms with Gasteiger partial charge in [-0.15, -0.1) is 0 Å². The molecule has 0 aromatic heterocycles. The zero-order valence-corrected chi connectivity index (χ0v) is 19.9. The smallest absolute Gasteiger partial charge is 0.267 e. The number of nitrogens with one attached hydrogen (secondary N) is 1. The Morgan fingerprint density at radius 3 is 2.32 bits per heavy atom. The van der Waals surface area contributed by atoms with Gasteiger partial charge in [-0.1, -0.05) is 23.7 Å². The summed E-state index contributed by atoms with van der Waals surface area (Å²) < 4.78 is 34.0. The molecule has 1 unspecified atom stereocenters. The summed E-state index contributed by atoms with van der Waals surface area (Å²) in [6.45, 7) is 1.93. The quantitative estimate of drug-likeness (QED) is 0.560. The lowest BCUT2D eigenvalue weighted by Gasteiger charge is -2.34. The Morgan fingerprint density at radius 2 is 1.62 bits per heavy atom. The molecule has 3 aromatic carbocycles. The molecule has 0 radical (unpaired) electrons. The summed E-state index contributed by atoms with van der Waals surface area (Å²) in [7, 11) is -3.94. The van der Waals surface area contributed by atoms with Crippen LogP contribution in [0, 0.1) is 0 Å². The number of carbonyl (C=O) groups is 1. The second kappa shape index (κ2) is 9.19. The topological polar surface area (TPSA) is 79.0 Å². The Labute approximate surface area is 203 Å². The van der Waals surface area contributed by atoms with E-state index in [2.05, 4.69) is 10.2 Å². The molecular weight excluding hydrogens is 474 g/mol. The summed E-state index contributed by atoms with van der Waals surface area (Å²) in [5, 5.41) is 3.30. The molecule has 0 bridgehead atoms. The number of carbonyl (C=O) groups excluding carboxylic acids is 1. The number of ether oxygens (including phenoxy) is 1. The average Bonchev–Trinajstić information content (AvgIpc) is 3.39. The van der Waals surface area contributed by atoms with Gasteiger partial charge in [-0.2, -0.15) is 0 Å². The number of amides is 1. The highest BCUT2D eigenvalue weighted by Gasteiger charge is 2.37. The van der Waals surface area contributed by atoms with Crippen molar-refractivity contribution in [2.75, 3.05) is 34.2 Å². The van der Waals surface area contributed by atoms with Gasteiger partial charge in [-0.25, -0.2) is 8.42 Å².